The van der Waals surface area contributed by atoms with E-state index < -0.39 is 7.12 Å². The lowest BCUT2D eigenvalue weighted by Crippen LogP contribution is -2.32. The van der Waals surface area contributed by atoms with Gasteiger partial charge in [-0.05, 0) is 47.4 Å². The Morgan fingerprint density at radius 3 is 2.14 bits per heavy atom. The van der Waals surface area contributed by atoms with Gasteiger partial charge in [0.25, 0.3) is 0 Å². The van der Waals surface area contributed by atoms with Crippen molar-refractivity contribution in [1.82, 2.24) is 0 Å². The van der Waals surface area contributed by atoms with Crippen LogP contribution < -0.4 is 14.9 Å². The summed E-state index contributed by atoms with van der Waals surface area (Å²) in [4.78, 5) is 1.08. The quantitative estimate of drug-likeness (QED) is 0.628. The average molecular weight is 304 g/mol. The summed E-state index contributed by atoms with van der Waals surface area (Å²) < 4.78 is 10.3. The van der Waals surface area contributed by atoms with Gasteiger partial charge in [0.1, 0.15) is 11.5 Å². The summed E-state index contributed by atoms with van der Waals surface area (Å²) in [6.45, 7) is 0. The van der Waals surface area contributed by atoms with Crippen LogP contribution in [0.25, 0.3) is 0 Å². The molecule has 0 aromatic heterocycles. The topological polar surface area (TPSA) is 58.9 Å². The first kappa shape index (κ1) is 15.8. The molecule has 0 radical (unpaired) electrons. The Hall–Kier alpha value is -1.63. The maximum Gasteiger partial charge on any atom is 0.488 e. The van der Waals surface area contributed by atoms with E-state index in [4.69, 9.17) is 9.47 Å². The molecule has 0 aliphatic heterocycles. The summed E-state index contributed by atoms with van der Waals surface area (Å²) in [5, 5.41) is 18.8. The summed E-state index contributed by atoms with van der Waals surface area (Å²) >= 11 is 1.61. The van der Waals surface area contributed by atoms with Crippen molar-refractivity contribution in [3.63, 3.8) is 0 Å². The van der Waals surface area contributed by atoms with E-state index in [-0.39, 0.29) is 0 Å². The van der Waals surface area contributed by atoms with Crippen LogP contribution in [0.5, 0.6) is 11.5 Å². The molecule has 2 N–H and O–H groups in total. The zero-order valence-corrected chi connectivity index (χ0v) is 12.8. The molecule has 0 aliphatic rings. The normalized spacial score (nSPS) is 10.3. The van der Waals surface area contributed by atoms with Crippen molar-refractivity contribution in [2.45, 2.75) is 10.6 Å². The number of hydrogen-bond donors (Lipinski definition) is 2. The first-order valence-corrected chi connectivity index (χ1v) is 7.42. The van der Waals surface area contributed by atoms with Gasteiger partial charge in [-0.15, -0.1) is 11.8 Å². The largest absolute Gasteiger partial charge is 0.497 e. The molecule has 0 bridgehead atoms. The van der Waals surface area contributed by atoms with E-state index in [0.717, 1.165) is 16.2 Å². The predicted octanol–water partition coefficient (Wildman–Crippen LogP) is 1.68. The second kappa shape index (κ2) is 7.40. The number of ether oxygens (including phenoxy) is 2. The summed E-state index contributed by atoms with van der Waals surface area (Å²) in [6, 6.07) is 13.0. The Balaban J connectivity index is 2.13. The molecule has 0 saturated heterocycles. The standard InChI is InChI=1S/C15H17BO4S/c1-19-12-3-6-14(7-4-12)21-10-11-9-13(20-2)5-8-15(11)16(17)18/h3-9,17-18H,10H2,1-2H3. The molecular weight excluding hydrogens is 287 g/mol. The third-order valence-corrected chi connectivity index (χ3v) is 4.14. The van der Waals surface area contributed by atoms with Gasteiger partial charge in [-0.3, -0.25) is 0 Å². The molecule has 0 spiro atoms. The third-order valence-electron chi connectivity index (χ3n) is 3.08. The molecule has 2 aromatic carbocycles. The highest BCUT2D eigenvalue weighted by atomic mass is 32.2. The van der Waals surface area contributed by atoms with Crippen molar-refractivity contribution in [2.75, 3.05) is 14.2 Å². The van der Waals surface area contributed by atoms with Crippen LogP contribution in [0.1, 0.15) is 5.56 Å². The van der Waals surface area contributed by atoms with Gasteiger partial charge in [-0.25, -0.2) is 0 Å². The minimum atomic E-state index is -1.48. The summed E-state index contributed by atoms with van der Waals surface area (Å²) in [6.07, 6.45) is 0. The van der Waals surface area contributed by atoms with Crippen molar-refractivity contribution < 1.29 is 19.5 Å². The predicted molar refractivity (Wildman–Crippen MR) is 85.4 cm³/mol. The molecule has 6 heteroatoms. The van der Waals surface area contributed by atoms with Gasteiger partial charge in [-0.1, -0.05) is 6.07 Å². The molecule has 0 heterocycles. The lowest BCUT2D eigenvalue weighted by atomic mass is 9.77. The number of rotatable bonds is 6. The maximum absolute atomic E-state index is 9.42. The third kappa shape index (κ3) is 4.17. The Morgan fingerprint density at radius 2 is 1.57 bits per heavy atom. The number of thioether (sulfide) groups is 1. The molecule has 4 nitrogen and oxygen atoms in total. The number of benzene rings is 2. The zero-order chi connectivity index (χ0) is 15.2. The van der Waals surface area contributed by atoms with Crippen LogP contribution in [0.15, 0.2) is 47.4 Å². The molecule has 21 heavy (non-hydrogen) atoms. The molecule has 2 aromatic rings. The van der Waals surface area contributed by atoms with Crippen LogP contribution in [0.3, 0.4) is 0 Å². The molecule has 0 amide bonds. The lowest BCUT2D eigenvalue weighted by molar-refractivity contribution is 0.413. The van der Waals surface area contributed by atoms with E-state index in [2.05, 4.69) is 0 Å². The van der Waals surface area contributed by atoms with Crippen molar-refractivity contribution in [2.24, 2.45) is 0 Å². The van der Waals surface area contributed by atoms with Crippen LogP contribution in [0.2, 0.25) is 0 Å². The monoisotopic (exact) mass is 304 g/mol. The van der Waals surface area contributed by atoms with E-state index in [0.29, 0.717) is 17.0 Å². The Bertz CT molecular complexity index is 587. The minimum Gasteiger partial charge on any atom is -0.497 e. The van der Waals surface area contributed by atoms with Crippen LogP contribution in [0.4, 0.5) is 0 Å². The van der Waals surface area contributed by atoms with E-state index in [9.17, 15) is 10.0 Å². The van der Waals surface area contributed by atoms with Crippen LogP contribution in [-0.4, -0.2) is 31.4 Å². The SMILES string of the molecule is COc1ccc(SCc2cc(OC)ccc2B(O)O)cc1. The summed E-state index contributed by atoms with van der Waals surface area (Å²) in [5.41, 5.74) is 1.34. The van der Waals surface area contributed by atoms with E-state index in [1.807, 2.05) is 30.3 Å². The van der Waals surface area contributed by atoms with Crippen LogP contribution in [-0.2, 0) is 5.75 Å². The fraction of sp³-hybridized carbons (Fsp3) is 0.200. The molecule has 2 rings (SSSR count). The van der Waals surface area contributed by atoms with Gasteiger partial charge in [0.2, 0.25) is 0 Å². The molecule has 0 fully saturated rings. The Kier molecular flexibility index (Phi) is 5.55. The Morgan fingerprint density at radius 1 is 0.952 bits per heavy atom. The summed E-state index contributed by atoms with van der Waals surface area (Å²) in [5.74, 6) is 2.13. The second-order valence-electron chi connectivity index (χ2n) is 4.40. The van der Waals surface area contributed by atoms with Crippen molar-refractivity contribution in [3.05, 3.63) is 48.0 Å². The highest BCUT2D eigenvalue weighted by molar-refractivity contribution is 7.98. The lowest BCUT2D eigenvalue weighted by Gasteiger charge is -2.11. The highest BCUT2D eigenvalue weighted by Gasteiger charge is 2.16. The van der Waals surface area contributed by atoms with E-state index >= 15 is 0 Å². The zero-order valence-electron chi connectivity index (χ0n) is 11.9. The number of methoxy groups -OCH3 is 2. The molecule has 0 saturated carbocycles. The fourth-order valence-corrected chi connectivity index (χ4v) is 2.82. The minimum absolute atomic E-state index is 0.497. The molecular formula is C15H17BO4S. The van der Waals surface area contributed by atoms with Crippen LogP contribution in [0, 0.1) is 0 Å². The maximum atomic E-state index is 9.42. The molecule has 0 aliphatic carbocycles. The van der Waals surface area contributed by atoms with Gasteiger partial charge in [0.05, 0.1) is 14.2 Å². The Labute approximate surface area is 128 Å². The van der Waals surface area contributed by atoms with Crippen molar-refractivity contribution in [1.29, 1.82) is 0 Å². The molecule has 0 atom stereocenters. The van der Waals surface area contributed by atoms with E-state index in [1.54, 1.807) is 38.1 Å². The van der Waals surface area contributed by atoms with Gasteiger partial charge < -0.3 is 19.5 Å². The first-order valence-electron chi connectivity index (χ1n) is 6.44. The molecule has 110 valence electrons. The van der Waals surface area contributed by atoms with E-state index in [1.165, 1.54) is 0 Å². The van der Waals surface area contributed by atoms with Gasteiger partial charge in [-0.2, -0.15) is 0 Å². The van der Waals surface area contributed by atoms with Gasteiger partial charge >= 0.3 is 7.12 Å². The average Bonchev–Trinajstić information content (AvgIpc) is 2.52. The first-order chi connectivity index (χ1) is 10.1. The summed E-state index contributed by atoms with van der Waals surface area (Å²) in [7, 11) is 1.74. The fourth-order valence-electron chi connectivity index (χ4n) is 1.92. The van der Waals surface area contributed by atoms with Crippen molar-refractivity contribution in [3.8, 4) is 11.5 Å². The second-order valence-corrected chi connectivity index (χ2v) is 5.45. The van der Waals surface area contributed by atoms with Gasteiger partial charge in [0.15, 0.2) is 0 Å². The van der Waals surface area contributed by atoms with Crippen LogP contribution >= 0.6 is 11.8 Å². The smallest absolute Gasteiger partial charge is 0.488 e. The van der Waals surface area contributed by atoms with Gasteiger partial charge in [0, 0.05) is 10.6 Å². The molecule has 0 unspecified atom stereocenters. The van der Waals surface area contributed by atoms with Crippen molar-refractivity contribution >= 4 is 24.3 Å². The highest BCUT2D eigenvalue weighted by Crippen LogP contribution is 2.25. The number of hydrogen-bond acceptors (Lipinski definition) is 5.